The summed E-state index contributed by atoms with van der Waals surface area (Å²) in [5.41, 5.74) is 9.97. The number of carbonyl (C=O) groups excluding carboxylic acids is 1. The fourth-order valence-corrected chi connectivity index (χ4v) is 2.71. The van der Waals surface area contributed by atoms with E-state index in [0.717, 1.165) is 22.5 Å². The normalized spacial score (nSPS) is 11.2. The van der Waals surface area contributed by atoms with Crippen LogP contribution in [-0.4, -0.2) is 41.2 Å². The number of benzene rings is 1. The second-order valence-corrected chi connectivity index (χ2v) is 6.27. The number of nitrogens with two attached hydrogens (primary N) is 1. The van der Waals surface area contributed by atoms with Crippen molar-refractivity contribution in [3.05, 3.63) is 64.2 Å². The molecule has 2 N–H and O–H groups in total. The highest BCUT2D eigenvalue weighted by atomic mass is 35.5. The predicted molar refractivity (Wildman–Crippen MR) is 104 cm³/mol. The van der Waals surface area contributed by atoms with Crippen LogP contribution in [0.3, 0.4) is 0 Å². The van der Waals surface area contributed by atoms with E-state index < -0.39 is 0 Å². The number of aryl methyl sites for hydroxylation is 1. The summed E-state index contributed by atoms with van der Waals surface area (Å²) in [6, 6.07) is 7.55. The van der Waals surface area contributed by atoms with Crippen molar-refractivity contribution in [1.29, 1.82) is 0 Å². The van der Waals surface area contributed by atoms with E-state index in [9.17, 15) is 9.18 Å². The largest absolute Gasteiger partial charge is 0.345 e. The summed E-state index contributed by atoms with van der Waals surface area (Å²) in [6.45, 7) is 4.14. The van der Waals surface area contributed by atoms with Crippen LogP contribution in [0.2, 0.25) is 0 Å². The van der Waals surface area contributed by atoms with Crippen LogP contribution in [0.15, 0.2) is 36.2 Å². The zero-order valence-electron chi connectivity index (χ0n) is 15.6. The smallest absolute Gasteiger partial charge is 0.253 e. The summed E-state index contributed by atoms with van der Waals surface area (Å²) >= 11 is 0. The highest BCUT2D eigenvalue weighted by Crippen LogP contribution is 2.19. The number of aromatic nitrogens is 2. The molecule has 26 heavy (non-hydrogen) atoms. The van der Waals surface area contributed by atoms with Gasteiger partial charge in [0.15, 0.2) is 0 Å². The van der Waals surface area contributed by atoms with Gasteiger partial charge in [-0.25, -0.2) is 4.39 Å². The molecule has 0 radical (unpaired) electrons. The maximum Gasteiger partial charge on any atom is 0.253 e. The molecule has 0 unspecified atom stereocenters. The molecule has 0 fully saturated rings. The van der Waals surface area contributed by atoms with Crippen molar-refractivity contribution in [2.45, 2.75) is 26.8 Å². The first-order valence-corrected chi connectivity index (χ1v) is 8.21. The van der Waals surface area contributed by atoms with Crippen molar-refractivity contribution in [3.63, 3.8) is 0 Å². The molecule has 142 valence electrons. The topological polar surface area (TPSA) is 64.2 Å². The molecule has 1 heterocycles. The Morgan fingerprint density at radius 1 is 1.27 bits per heavy atom. The second-order valence-electron chi connectivity index (χ2n) is 6.27. The van der Waals surface area contributed by atoms with Crippen LogP contribution in [0.1, 0.15) is 32.9 Å². The third-order valence-corrected chi connectivity index (χ3v) is 4.16. The Bertz CT molecular complexity index is 782. The Labute approximate surface area is 160 Å². The van der Waals surface area contributed by atoms with Crippen molar-refractivity contribution in [1.82, 2.24) is 14.7 Å². The summed E-state index contributed by atoms with van der Waals surface area (Å²) in [5.74, 6) is -0.305. The van der Waals surface area contributed by atoms with E-state index in [1.54, 1.807) is 23.7 Å². The van der Waals surface area contributed by atoms with Crippen molar-refractivity contribution < 1.29 is 9.18 Å². The average molecular weight is 381 g/mol. The van der Waals surface area contributed by atoms with Gasteiger partial charge in [0, 0.05) is 43.9 Å². The summed E-state index contributed by atoms with van der Waals surface area (Å²) in [4.78, 5) is 13.5. The van der Waals surface area contributed by atoms with Crippen LogP contribution in [0.25, 0.3) is 0 Å². The highest BCUT2D eigenvalue weighted by molar-refractivity contribution is 5.93. The first kappa shape index (κ1) is 21.9. The van der Waals surface area contributed by atoms with E-state index in [1.807, 2.05) is 38.1 Å². The van der Waals surface area contributed by atoms with Gasteiger partial charge in [0.05, 0.1) is 12.2 Å². The zero-order valence-corrected chi connectivity index (χ0v) is 16.4. The maximum absolute atomic E-state index is 13.7. The fraction of sp³-hybridized carbons (Fsp3) is 0.368. The Hall–Kier alpha value is -2.18. The van der Waals surface area contributed by atoms with Crippen LogP contribution in [0.4, 0.5) is 4.39 Å². The molecule has 0 saturated carbocycles. The lowest BCUT2D eigenvalue weighted by Gasteiger charge is -2.10. The van der Waals surface area contributed by atoms with E-state index in [4.69, 9.17) is 5.73 Å². The average Bonchev–Trinajstić information content (AvgIpc) is 2.82. The lowest BCUT2D eigenvalue weighted by Crippen LogP contribution is -2.21. The van der Waals surface area contributed by atoms with Gasteiger partial charge >= 0.3 is 0 Å². The van der Waals surface area contributed by atoms with Crippen LogP contribution in [0, 0.1) is 13.8 Å². The molecule has 0 bridgehead atoms. The van der Waals surface area contributed by atoms with Crippen LogP contribution >= 0.6 is 12.4 Å². The molecule has 0 saturated heterocycles. The third-order valence-electron chi connectivity index (χ3n) is 4.16. The van der Waals surface area contributed by atoms with Crippen molar-refractivity contribution >= 4 is 18.3 Å². The van der Waals surface area contributed by atoms with Gasteiger partial charge in [0.25, 0.3) is 5.91 Å². The second kappa shape index (κ2) is 9.50. The fourth-order valence-electron chi connectivity index (χ4n) is 2.71. The minimum absolute atomic E-state index is 0. The molecule has 1 aromatic heterocycles. The van der Waals surface area contributed by atoms with Crippen LogP contribution in [-0.2, 0) is 13.0 Å². The quantitative estimate of drug-likeness (QED) is 0.837. The number of hydrogen-bond donors (Lipinski definition) is 1. The van der Waals surface area contributed by atoms with Crippen LogP contribution in [0.5, 0.6) is 0 Å². The van der Waals surface area contributed by atoms with Crippen molar-refractivity contribution in [2.24, 2.45) is 5.73 Å². The highest BCUT2D eigenvalue weighted by Gasteiger charge is 2.14. The molecular weight excluding hydrogens is 355 g/mol. The molecule has 5 nitrogen and oxygen atoms in total. The molecule has 7 heteroatoms. The Morgan fingerprint density at radius 3 is 2.42 bits per heavy atom. The number of amides is 1. The predicted octanol–water partition coefficient (Wildman–Crippen LogP) is 3.03. The van der Waals surface area contributed by atoms with Crippen LogP contribution < -0.4 is 5.73 Å². The Morgan fingerprint density at radius 2 is 1.88 bits per heavy atom. The standard InChI is InChI=1S/C19H25FN4O.ClH/c1-13-18(14(2)24(22-13)12-17(20)9-10-21)11-15-5-7-16(8-6-15)19(25)23(3)4;/h5-9H,10-12,21H2,1-4H3;1H. The molecule has 1 amide bonds. The van der Waals surface area contributed by atoms with Gasteiger partial charge < -0.3 is 10.6 Å². The monoisotopic (exact) mass is 380 g/mol. The summed E-state index contributed by atoms with van der Waals surface area (Å²) < 4.78 is 15.4. The maximum atomic E-state index is 13.7. The van der Waals surface area contributed by atoms with E-state index >= 15 is 0 Å². The molecule has 0 aliphatic carbocycles. The van der Waals surface area contributed by atoms with E-state index in [-0.39, 0.29) is 37.2 Å². The number of hydrogen-bond acceptors (Lipinski definition) is 3. The molecule has 2 aromatic rings. The molecule has 0 aliphatic heterocycles. The van der Waals surface area contributed by atoms with Gasteiger partial charge in [0.2, 0.25) is 0 Å². The minimum atomic E-state index is -0.286. The summed E-state index contributed by atoms with van der Waals surface area (Å²) in [6.07, 6.45) is 2.05. The number of nitrogens with zero attached hydrogens (tertiary/aromatic N) is 3. The Kier molecular flexibility index (Phi) is 7.99. The SMILES string of the molecule is Cc1nn(CC(F)=CCN)c(C)c1Cc1ccc(C(=O)N(C)C)cc1.Cl. The molecular formula is C19H26ClFN4O. The number of halogens is 2. The van der Waals surface area contributed by atoms with Crippen molar-refractivity contribution in [3.8, 4) is 0 Å². The lowest BCUT2D eigenvalue weighted by atomic mass is 10.0. The molecule has 0 spiro atoms. The van der Waals surface area contributed by atoms with Gasteiger partial charge in [-0.1, -0.05) is 12.1 Å². The van der Waals surface area contributed by atoms with Gasteiger partial charge in [-0.15, -0.1) is 12.4 Å². The van der Waals surface area contributed by atoms with E-state index in [1.165, 1.54) is 6.08 Å². The number of carbonyl (C=O) groups is 1. The molecule has 0 atom stereocenters. The minimum Gasteiger partial charge on any atom is -0.345 e. The number of allylic oxidation sites excluding steroid dienone is 1. The van der Waals surface area contributed by atoms with Gasteiger partial charge in [0.1, 0.15) is 5.83 Å². The van der Waals surface area contributed by atoms with Gasteiger partial charge in [-0.05, 0) is 37.6 Å². The summed E-state index contributed by atoms with van der Waals surface area (Å²) in [5, 5.41) is 4.43. The molecule has 1 aromatic carbocycles. The Balaban J connectivity index is 0.00000338. The number of rotatable bonds is 6. The molecule has 0 aliphatic rings. The van der Waals surface area contributed by atoms with Crippen molar-refractivity contribution in [2.75, 3.05) is 20.6 Å². The first-order valence-electron chi connectivity index (χ1n) is 8.21. The zero-order chi connectivity index (χ0) is 18.6. The van der Waals surface area contributed by atoms with Gasteiger partial charge in [-0.3, -0.25) is 9.48 Å². The molecule has 2 rings (SSSR count). The summed E-state index contributed by atoms with van der Waals surface area (Å²) in [7, 11) is 3.46. The first-order chi connectivity index (χ1) is 11.8. The third kappa shape index (κ3) is 5.16. The van der Waals surface area contributed by atoms with E-state index in [2.05, 4.69) is 5.10 Å². The lowest BCUT2D eigenvalue weighted by molar-refractivity contribution is 0.0827. The van der Waals surface area contributed by atoms with E-state index in [0.29, 0.717) is 12.0 Å². The van der Waals surface area contributed by atoms with Gasteiger partial charge in [-0.2, -0.15) is 5.10 Å².